The lowest BCUT2D eigenvalue weighted by molar-refractivity contribution is -0.0268. The van der Waals surface area contributed by atoms with E-state index in [2.05, 4.69) is 62.8 Å². The lowest BCUT2D eigenvalue weighted by Crippen LogP contribution is -2.39. The maximum atomic E-state index is 6.15. The van der Waals surface area contributed by atoms with Gasteiger partial charge in [0.15, 0.2) is 0 Å². The summed E-state index contributed by atoms with van der Waals surface area (Å²) in [6, 6.07) is 17.6. The first kappa shape index (κ1) is 14.1. The van der Waals surface area contributed by atoms with Gasteiger partial charge in [-0.05, 0) is 36.5 Å². The first-order valence-electron chi connectivity index (χ1n) is 8.65. The van der Waals surface area contributed by atoms with Crippen LogP contribution in [0.1, 0.15) is 42.5 Å². The molecule has 0 amide bonds. The molecule has 1 N–H and O–H groups in total. The van der Waals surface area contributed by atoms with Gasteiger partial charge in [-0.25, -0.2) is 0 Å². The van der Waals surface area contributed by atoms with E-state index in [0.717, 1.165) is 30.5 Å². The predicted octanol–water partition coefficient (Wildman–Crippen LogP) is 3.58. The summed E-state index contributed by atoms with van der Waals surface area (Å²) in [6.45, 7) is 0.764. The lowest BCUT2D eigenvalue weighted by atomic mass is 9.91. The van der Waals surface area contributed by atoms with Crippen molar-refractivity contribution in [2.75, 3.05) is 6.61 Å². The smallest absolute Gasteiger partial charge is 0.117 e. The Morgan fingerprint density at radius 1 is 0.958 bits per heavy atom. The van der Waals surface area contributed by atoms with Crippen molar-refractivity contribution in [1.29, 1.82) is 0 Å². The number of rotatable bonds is 2. The van der Waals surface area contributed by atoms with Crippen LogP contribution in [-0.4, -0.2) is 33.1 Å². The van der Waals surface area contributed by atoms with Gasteiger partial charge in [-0.15, -0.1) is 0 Å². The number of ether oxygens (including phenoxy) is 1. The number of piperidine rings is 1. The minimum atomic E-state index is 0.205. The number of hydrogen-bond donors (Lipinski definition) is 1. The highest BCUT2D eigenvalue weighted by molar-refractivity contribution is 5.77. The number of fused-ring (bicyclic) bond motifs is 2. The second-order valence-electron chi connectivity index (χ2n) is 6.65. The van der Waals surface area contributed by atoms with Crippen molar-refractivity contribution in [3.8, 4) is 0 Å². The van der Waals surface area contributed by atoms with E-state index >= 15 is 0 Å². The predicted molar refractivity (Wildman–Crippen MR) is 91.2 cm³/mol. The third kappa shape index (κ3) is 2.16. The highest BCUT2D eigenvalue weighted by Gasteiger charge is 2.43. The Morgan fingerprint density at radius 2 is 1.88 bits per heavy atom. The molecule has 2 fully saturated rings. The van der Waals surface area contributed by atoms with Crippen LogP contribution in [0.3, 0.4) is 0 Å². The molecule has 3 heterocycles. The van der Waals surface area contributed by atoms with Crippen LogP contribution in [0.2, 0.25) is 0 Å². The molecule has 3 aromatic rings. The molecule has 3 atom stereocenters. The molecular weight excluding hydrogens is 300 g/mol. The Morgan fingerprint density at radius 3 is 2.79 bits per heavy atom. The molecule has 122 valence electrons. The number of hydrogen-bond acceptors (Lipinski definition) is 4. The summed E-state index contributed by atoms with van der Waals surface area (Å²) in [7, 11) is 0. The van der Waals surface area contributed by atoms with Gasteiger partial charge in [-0.2, -0.15) is 15.4 Å². The van der Waals surface area contributed by atoms with Crippen LogP contribution in [0.4, 0.5) is 0 Å². The Balaban J connectivity index is 1.59. The molecule has 5 heteroatoms. The zero-order valence-corrected chi connectivity index (χ0v) is 13.4. The minimum Gasteiger partial charge on any atom is -0.361 e. The molecule has 2 unspecified atom stereocenters. The molecule has 1 aromatic heterocycles. The van der Waals surface area contributed by atoms with Gasteiger partial charge in [0.25, 0.3) is 0 Å². The van der Waals surface area contributed by atoms with Gasteiger partial charge in [0.1, 0.15) is 17.3 Å². The summed E-state index contributed by atoms with van der Waals surface area (Å²) < 4.78 is 6.15. The highest BCUT2D eigenvalue weighted by Crippen LogP contribution is 2.45. The molecule has 2 aliphatic rings. The van der Waals surface area contributed by atoms with Gasteiger partial charge < -0.3 is 4.74 Å². The summed E-state index contributed by atoms with van der Waals surface area (Å²) in [5.41, 5.74) is 4.52. The fraction of sp³-hybridized carbons (Fsp3) is 0.368. The zero-order chi connectivity index (χ0) is 15.9. The molecule has 5 nitrogen and oxygen atoms in total. The Bertz CT molecular complexity index is 847. The van der Waals surface area contributed by atoms with E-state index in [9.17, 15) is 0 Å². The summed E-state index contributed by atoms with van der Waals surface area (Å²) >= 11 is 0. The first-order chi connectivity index (χ1) is 11.9. The Labute approximate surface area is 140 Å². The number of nitrogens with one attached hydrogen (secondary N) is 1. The molecule has 5 rings (SSSR count). The van der Waals surface area contributed by atoms with Crippen LogP contribution in [0, 0.1) is 0 Å². The second kappa shape index (κ2) is 5.69. The molecule has 0 aliphatic carbocycles. The van der Waals surface area contributed by atoms with Gasteiger partial charge in [0.2, 0.25) is 0 Å². The van der Waals surface area contributed by atoms with Crippen LogP contribution in [0.25, 0.3) is 11.0 Å². The third-order valence-electron chi connectivity index (χ3n) is 5.35. The molecule has 0 radical (unpaired) electrons. The molecular formula is C19H20N4O. The Kier molecular flexibility index (Phi) is 3.35. The van der Waals surface area contributed by atoms with Crippen molar-refractivity contribution in [3.05, 3.63) is 59.7 Å². The first-order valence-corrected chi connectivity index (χ1v) is 8.65. The maximum absolute atomic E-state index is 6.15. The van der Waals surface area contributed by atoms with Crippen LogP contribution in [0.15, 0.2) is 48.5 Å². The van der Waals surface area contributed by atoms with Gasteiger partial charge in [0.05, 0.1) is 12.6 Å². The number of H-pyrrole nitrogens is 1. The van der Waals surface area contributed by atoms with Gasteiger partial charge >= 0.3 is 0 Å². The van der Waals surface area contributed by atoms with E-state index in [0.29, 0.717) is 12.1 Å². The fourth-order valence-corrected chi connectivity index (χ4v) is 4.28. The van der Waals surface area contributed by atoms with Crippen LogP contribution >= 0.6 is 0 Å². The van der Waals surface area contributed by atoms with Crippen LogP contribution in [0.5, 0.6) is 0 Å². The van der Waals surface area contributed by atoms with Crippen molar-refractivity contribution in [1.82, 2.24) is 20.3 Å². The number of para-hydroxylation sites is 1. The molecule has 0 bridgehead atoms. The molecule has 2 saturated heterocycles. The summed E-state index contributed by atoms with van der Waals surface area (Å²) in [6.07, 6.45) is 3.63. The number of benzene rings is 2. The monoisotopic (exact) mass is 320 g/mol. The summed E-state index contributed by atoms with van der Waals surface area (Å²) in [5, 5.41) is 11.4. The largest absolute Gasteiger partial charge is 0.361 e. The summed E-state index contributed by atoms with van der Waals surface area (Å²) in [5.74, 6) is 0. The molecule has 2 aliphatic heterocycles. The third-order valence-corrected chi connectivity index (χ3v) is 5.35. The molecule has 24 heavy (non-hydrogen) atoms. The average Bonchev–Trinajstić information content (AvgIpc) is 3.29. The van der Waals surface area contributed by atoms with Crippen LogP contribution < -0.4 is 0 Å². The van der Waals surface area contributed by atoms with Crippen molar-refractivity contribution < 1.29 is 4.74 Å². The van der Waals surface area contributed by atoms with E-state index in [1.54, 1.807) is 0 Å². The standard InChI is InChI=1S/C19H20N4O/c1-2-6-13(7-3-1)17-12-24-18-11-5-10-16(23(17)18)14-8-4-9-15-19(14)21-22-20-15/h1-4,6-9,16-18H,5,10-12H2,(H,20,21,22)/t16?,17-,18?/m1/s1. The average molecular weight is 320 g/mol. The van der Waals surface area contributed by atoms with E-state index in [-0.39, 0.29) is 6.23 Å². The van der Waals surface area contributed by atoms with Crippen LogP contribution in [-0.2, 0) is 4.74 Å². The van der Waals surface area contributed by atoms with E-state index in [1.165, 1.54) is 17.5 Å². The minimum absolute atomic E-state index is 0.205. The highest BCUT2D eigenvalue weighted by atomic mass is 16.5. The molecule has 0 saturated carbocycles. The fourth-order valence-electron chi connectivity index (χ4n) is 4.28. The van der Waals surface area contributed by atoms with E-state index in [1.807, 2.05) is 6.07 Å². The van der Waals surface area contributed by atoms with Gasteiger partial charge in [-0.1, -0.05) is 42.5 Å². The summed E-state index contributed by atoms with van der Waals surface area (Å²) in [4.78, 5) is 2.56. The van der Waals surface area contributed by atoms with E-state index < -0.39 is 0 Å². The Hall–Kier alpha value is -2.24. The zero-order valence-electron chi connectivity index (χ0n) is 13.4. The van der Waals surface area contributed by atoms with Crippen molar-refractivity contribution in [3.63, 3.8) is 0 Å². The van der Waals surface area contributed by atoms with Crippen molar-refractivity contribution >= 4 is 11.0 Å². The van der Waals surface area contributed by atoms with Crippen molar-refractivity contribution in [2.24, 2.45) is 0 Å². The van der Waals surface area contributed by atoms with Gasteiger partial charge in [0, 0.05) is 6.04 Å². The number of aromatic nitrogens is 3. The van der Waals surface area contributed by atoms with Gasteiger partial charge in [-0.3, -0.25) is 4.90 Å². The number of aromatic amines is 1. The topological polar surface area (TPSA) is 54.0 Å². The second-order valence-corrected chi connectivity index (χ2v) is 6.65. The number of nitrogens with zero attached hydrogens (tertiary/aromatic N) is 3. The maximum Gasteiger partial charge on any atom is 0.117 e. The molecule has 2 aromatic carbocycles. The SMILES string of the molecule is c1ccc([C@H]2COC3CCCC(c4cccc5n[nH]nc45)N32)cc1. The van der Waals surface area contributed by atoms with Crippen molar-refractivity contribution in [2.45, 2.75) is 37.6 Å². The molecule has 0 spiro atoms. The van der Waals surface area contributed by atoms with E-state index in [4.69, 9.17) is 4.74 Å². The normalized spacial score (nSPS) is 27.4. The quantitative estimate of drug-likeness (QED) is 0.784. The lowest BCUT2D eigenvalue weighted by Gasteiger charge is -2.40.